The van der Waals surface area contributed by atoms with Crippen molar-refractivity contribution >= 4 is 29.1 Å². The van der Waals surface area contributed by atoms with Crippen LogP contribution in [0.15, 0.2) is 60.7 Å². The molecule has 4 rings (SSSR count). The van der Waals surface area contributed by atoms with Crippen molar-refractivity contribution in [2.24, 2.45) is 17.8 Å². The normalized spacial score (nSPS) is 24.7. The van der Waals surface area contributed by atoms with Gasteiger partial charge in [0.1, 0.15) is 11.5 Å². The first kappa shape index (κ1) is 16.9. The van der Waals surface area contributed by atoms with E-state index >= 15 is 0 Å². The van der Waals surface area contributed by atoms with Gasteiger partial charge in [-0.25, -0.2) is 0 Å². The number of anilines is 1. The summed E-state index contributed by atoms with van der Waals surface area (Å²) < 4.78 is 5.76. The number of halogens is 1. The van der Waals surface area contributed by atoms with Gasteiger partial charge in [0, 0.05) is 0 Å². The highest BCUT2D eigenvalue weighted by Gasteiger charge is 2.50. The zero-order chi connectivity index (χ0) is 18.3. The Bertz CT molecular complexity index is 890. The molecule has 3 atom stereocenters. The van der Waals surface area contributed by atoms with Crippen LogP contribution in [0, 0.1) is 17.8 Å². The fourth-order valence-electron chi connectivity index (χ4n) is 3.72. The predicted octanol–water partition coefficient (Wildman–Crippen LogP) is 4.83. The molecule has 2 amide bonds. The van der Waals surface area contributed by atoms with E-state index in [9.17, 15) is 9.59 Å². The summed E-state index contributed by atoms with van der Waals surface area (Å²) in [6, 6.07) is 14.2. The largest absolute Gasteiger partial charge is 0.456 e. The Morgan fingerprint density at radius 1 is 1.04 bits per heavy atom. The Balaban J connectivity index is 1.57. The third-order valence-electron chi connectivity index (χ3n) is 5.03. The number of benzene rings is 2. The van der Waals surface area contributed by atoms with Crippen molar-refractivity contribution in [3.63, 3.8) is 0 Å². The van der Waals surface area contributed by atoms with Gasteiger partial charge in [-0.15, -0.1) is 0 Å². The minimum absolute atomic E-state index is 0.0815. The molecule has 1 fully saturated rings. The third-order valence-corrected chi connectivity index (χ3v) is 5.34. The van der Waals surface area contributed by atoms with Gasteiger partial charge >= 0.3 is 0 Å². The van der Waals surface area contributed by atoms with E-state index in [4.69, 9.17) is 16.3 Å². The van der Waals surface area contributed by atoms with E-state index in [-0.39, 0.29) is 29.6 Å². The smallest absolute Gasteiger partial charge is 0.238 e. The zero-order valence-corrected chi connectivity index (χ0v) is 15.0. The molecule has 2 aliphatic rings. The van der Waals surface area contributed by atoms with Crippen LogP contribution in [0.4, 0.5) is 5.69 Å². The molecule has 5 heteroatoms. The van der Waals surface area contributed by atoms with Crippen molar-refractivity contribution < 1.29 is 14.3 Å². The Hall–Kier alpha value is -2.59. The average Bonchev–Trinajstić information content (AvgIpc) is 2.90. The summed E-state index contributed by atoms with van der Waals surface area (Å²) in [5.41, 5.74) is 0.577. The Kier molecular flexibility index (Phi) is 4.29. The fraction of sp³-hybridized carbons (Fsp3) is 0.238. The molecule has 1 aliphatic heterocycles. The minimum atomic E-state index is -0.258. The topological polar surface area (TPSA) is 46.6 Å². The minimum Gasteiger partial charge on any atom is -0.456 e. The summed E-state index contributed by atoms with van der Waals surface area (Å²) in [7, 11) is 0. The Morgan fingerprint density at radius 2 is 1.77 bits per heavy atom. The molecule has 0 aromatic heterocycles. The third kappa shape index (κ3) is 2.80. The van der Waals surface area contributed by atoms with E-state index < -0.39 is 0 Å². The summed E-state index contributed by atoms with van der Waals surface area (Å²) in [6.45, 7) is 1.99. The van der Waals surface area contributed by atoms with Crippen molar-refractivity contribution in [2.75, 3.05) is 4.90 Å². The van der Waals surface area contributed by atoms with Crippen LogP contribution in [0.2, 0.25) is 5.02 Å². The van der Waals surface area contributed by atoms with E-state index in [1.807, 2.05) is 31.2 Å². The van der Waals surface area contributed by atoms with Gasteiger partial charge in [0.25, 0.3) is 0 Å². The lowest BCUT2D eigenvalue weighted by Gasteiger charge is -2.22. The van der Waals surface area contributed by atoms with Gasteiger partial charge in [-0.3, -0.25) is 14.5 Å². The maximum Gasteiger partial charge on any atom is 0.238 e. The molecule has 132 valence electrons. The van der Waals surface area contributed by atoms with Crippen LogP contribution in [0.25, 0.3) is 0 Å². The highest BCUT2D eigenvalue weighted by atomic mass is 35.5. The van der Waals surface area contributed by atoms with Gasteiger partial charge in [-0.2, -0.15) is 0 Å². The average molecular weight is 368 g/mol. The van der Waals surface area contributed by atoms with Gasteiger partial charge in [-0.1, -0.05) is 42.8 Å². The van der Waals surface area contributed by atoms with Crippen molar-refractivity contribution in [3.8, 4) is 11.5 Å². The number of carbonyl (C=O) groups is 2. The summed E-state index contributed by atoms with van der Waals surface area (Å²) in [4.78, 5) is 26.9. The summed E-state index contributed by atoms with van der Waals surface area (Å²) in [5, 5.41) is 0.520. The predicted molar refractivity (Wildman–Crippen MR) is 100 cm³/mol. The highest BCUT2D eigenvalue weighted by Crippen LogP contribution is 2.40. The fourth-order valence-corrected chi connectivity index (χ4v) is 3.89. The highest BCUT2D eigenvalue weighted by molar-refractivity contribution is 6.32. The molecule has 0 unspecified atom stereocenters. The second-order valence-corrected chi connectivity index (χ2v) is 7.10. The molecule has 0 spiro atoms. The van der Waals surface area contributed by atoms with Crippen LogP contribution in [0.3, 0.4) is 0 Å². The summed E-state index contributed by atoms with van der Waals surface area (Å²) >= 11 is 6.10. The molecule has 0 radical (unpaired) electrons. The van der Waals surface area contributed by atoms with Crippen molar-refractivity contribution in [1.29, 1.82) is 0 Å². The van der Waals surface area contributed by atoms with Crippen LogP contribution in [0.1, 0.15) is 13.3 Å². The number of imide groups is 1. The van der Waals surface area contributed by atoms with E-state index in [0.29, 0.717) is 28.6 Å². The quantitative estimate of drug-likeness (QED) is 0.576. The van der Waals surface area contributed by atoms with E-state index in [2.05, 4.69) is 0 Å². The SMILES string of the molecule is C[C@@H]1C=CC[C@@H]2C(=O)N(c3ccc(Oc4ccccc4Cl)cc3)C(=O)[C@H]12. The Labute approximate surface area is 157 Å². The van der Waals surface area contributed by atoms with E-state index in [1.54, 1.807) is 36.4 Å². The second kappa shape index (κ2) is 6.61. The lowest BCUT2D eigenvalue weighted by atomic mass is 9.78. The van der Waals surface area contributed by atoms with Crippen LogP contribution >= 0.6 is 11.6 Å². The Morgan fingerprint density at radius 3 is 2.46 bits per heavy atom. The number of hydrogen-bond donors (Lipinski definition) is 0. The monoisotopic (exact) mass is 367 g/mol. The summed E-state index contributed by atoms with van der Waals surface area (Å²) in [6.07, 6.45) is 4.65. The molecule has 0 N–H and O–H groups in total. The summed E-state index contributed by atoms with van der Waals surface area (Å²) in [5.74, 6) is 0.494. The number of para-hydroxylation sites is 1. The van der Waals surface area contributed by atoms with Crippen LogP contribution < -0.4 is 9.64 Å². The number of rotatable bonds is 3. The number of fused-ring (bicyclic) bond motifs is 1. The molecule has 1 saturated heterocycles. The number of nitrogens with zero attached hydrogens (tertiary/aromatic N) is 1. The van der Waals surface area contributed by atoms with Crippen LogP contribution in [-0.4, -0.2) is 11.8 Å². The molecular formula is C21H18ClNO3. The molecule has 0 bridgehead atoms. The number of ether oxygens (including phenoxy) is 1. The number of carbonyl (C=O) groups excluding carboxylic acids is 2. The first-order chi connectivity index (χ1) is 12.6. The molecule has 1 heterocycles. The van der Waals surface area contributed by atoms with Gasteiger partial charge in [0.05, 0.1) is 22.5 Å². The van der Waals surface area contributed by atoms with Crippen LogP contribution in [0.5, 0.6) is 11.5 Å². The first-order valence-electron chi connectivity index (χ1n) is 8.63. The van der Waals surface area contributed by atoms with Gasteiger partial charge < -0.3 is 4.74 Å². The molecule has 1 aliphatic carbocycles. The van der Waals surface area contributed by atoms with Gasteiger partial charge in [0.2, 0.25) is 11.8 Å². The maximum atomic E-state index is 12.8. The van der Waals surface area contributed by atoms with Gasteiger partial charge in [0.15, 0.2) is 0 Å². The van der Waals surface area contributed by atoms with Crippen molar-refractivity contribution in [3.05, 3.63) is 65.7 Å². The lowest BCUT2D eigenvalue weighted by molar-refractivity contribution is -0.122. The molecule has 0 saturated carbocycles. The van der Waals surface area contributed by atoms with Crippen molar-refractivity contribution in [1.82, 2.24) is 0 Å². The molecule has 4 nitrogen and oxygen atoms in total. The number of amides is 2. The number of hydrogen-bond acceptors (Lipinski definition) is 3. The van der Waals surface area contributed by atoms with Crippen molar-refractivity contribution in [2.45, 2.75) is 13.3 Å². The number of allylic oxidation sites excluding steroid dienone is 2. The standard InChI is InChI=1S/C21H18ClNO3/c1-13-5-4-6-16-19(13)21(25)23(20(16)24)14-9-11-15(12-10-14)26-18-8-3-2-7-17(18)22/h2-5,7-13,16,19H,6H2,1H3/t13-,16+,19-/m1/s1. The molecular weight excluding hydrogens is 350 g/mol. The first-order valence-corrected chi connectivity index (χ1v) is 9.01. The maximum absolute atomic E-state index is 12.8. The zero-order valence-electron chi connectivity index (χ0n) is 14.3. The van der Waals surface area contributed by atoms with E-state index in [0.717, 1.165) is 0 Å². The van der Waals surface area contributed by atoms with E-state index in [1.165, 1.54) is 4.90 Å². The second-order valence-electron chi connectivity index (χ2n) is 6.69. The molecule has 26 heavy (non-hydrogen) atoms. The molecule has 2 aromatic carbocycles. The lowest BCUT2D eigenvalue weighted by Crippen LogP contribution is -2.31. The van der Waals surface area contributed by atoms with Crippen LogP contribution in [-0.2, 0) is 9.59 Å². The molecule has 2 aromatic rings. The van der Waals surface area contributed by atoms with Gasteiger partial charge in [-0.05, 0) is 48.7 Å².